The lowest BCUT2D eigenvalue weighted by Crippen LogP contribution is -3.16. The Kier molecular flexibility index (Phi) is 7.34. The Labute approximate surface area is 183 Å². The van der Waals surface area contributed by atoms with Gasteiger partial charge in [-0.3, -0.25) is 9.59 Å². The first-order valence-electron chi connectivity index (χ1n) is 10.3. The fraction of sp³-hybridized carbons (Fsp3) is 0.391. The molecule has 0 bridgehead atoms. The standard InChI is InChI=1S/C23H29ClN4O2/c1-16-5-4-6-20(18(16)3)26-22(29)14-25-23(30)15-27-9-11-28(12-10-27)21-13-19(24)8-7-17(21)2/h4-8,13H,9-12,14-15H2,1-3H3,(H,25,30)(H,26,29)/p+1. The summed E-state index contributed by atoms with van der Waals surface area (Å²) in [6.07, 6.45) is 0. The highest BCUT2D eigenvalue weighted by Gasteiger charge is 2.23. The van der Waals surface area contributed by atoms with Crippen LogP contribution < -0.4 is 20.4 Å². The molecule has 1 saturated heterocycles. The fourth-order valence-corrected chi connectivity index (χ4v) is 3.88. The van der Waals surface area contributed by atoms with Crippen molar-refractivity contribution in [3.05, 3.63) is 58.1 Å². The third-order valence-corrected chi connectivity index (χ3v) is 5.95. The maximum atomic E-state index is 12.3. The first kappa shape index (κ1) is 22.1. The number of piperazine rings is 1. The molecule has 0 radical (unpaired) electrons. The van der Waals surface area contributed by atoms with Crippen LogP contribution in [0.2, 0.25) is 5.02 Å². The van der Waals surface area contributed by atoms with Gasteiger partial charge in [0.05, 0.1) is 32.7 Å². The number of carbonyl (C=O) groups is 2. The molecule has 0 saturated carbocycles. The van der Waals surface area contributed by atoms with E-state index in [1.165, 1.54) is 10.5 Å². The van der Waals surface area contributed by atoms with Crippen LogP contribution in [0.5, 0.6) is 0 Å². The number of nitrogens with one attached hydrogen (secondary N) is 3. The second-order valence-corrected chi connectivity index (χ2v) is 8.35. The zero-order chi connectivity index (χ0) is 21.7. The summed E-state index contributed by atoms with van der Waals surface area (Å²) < 4.78 is 0. The van der Waals surface area contributed by atoms with Gasteiger partial charge in [0, 0.05) is 16.4 Å². The van der Waals surface area contributed by atoms with E-state index in [1.807, 2.05) is 50.2 Å². The Hall–Kier alpha value is -2.57. The number of nitrogens with zero attached hydrogens (tertiary/aromatic N) is 1. The third kappa shape index (κ3) is 5.74. The monoisotopic (exact) mass is 429 g/mol. The van der Waals surface area contributed by atoms with Crippen molar-refractivity contribution in [3.8, 4) is 0 Å². The van der Waals surface area contributed by atoms with Gasteiger partial charge >= 0.3 is 0 Å². The molecule has 0 spiro atoms. The van der Waals surface area contributed by atoms with E-state index in [-0.39, 0.29) is 18.4 Å². The number of anilines is 2. The minimum absolute atomic E-state index is 0.0205. The molecule has 2 aromatic carbocycles. The van der Waals surface area contributed by atoms with Gasteiger partial charge in [-0.05, 0) is 55.7 Å². The molecule has 1 aliphatic heterocycles. The molecule has 0 unspecified atom stereocenters. The van der Waals surface area contributed by atoms with Gasteiger partial charge in [-0.25, -0.2) is 0 Å². The number of amides is 2. The lowest BCUT2D eigenvalue weighted by atomic mass is 10.1. The summed E-state index contributed by atoms with van der Waals surface area (Å²) in [6.45, 7) is 9.89. The summed E-state index contributed by atoms with van der Waals surface area (Å²) in [5.74, 6) is -0.318. The minimum Gasteiger partial charge on any atom is -0.360 e. The number of rotatable bonds is 6. The summed E-state index contributed by atoms with van der Waals surface area (Å²) in [4.78, 5) is 28.0. The van der Waals surface area contributed by atoms with Gasteiger partial charge in [-0.15, -0.1) is 0 Å². The van der Waals surface area contributed by atoms with E-state index in [9.17, 15) is 9.59 Å². The number of aryl methyl sites for hydroxylation is 2. The summed E-state index contributed by atoms with van der Waals surface area (Å²) in [5.41, 5.74) is 5.30. The maximum absolute atomic E-state index is 12.3. The summed E-state index contributed by atoms with van der Waals surface area (Å²) >= 11 is 6.14. The summed E-state index contributed by atoms with van der Waals surface area (Å²) in [7, 11) is 0. The number of halogens is 1. The van der Waals surface area contributed by atoms with Crippen molar-refractivity contribution in [1.29, 1.82) is 0 Å². The molecule has 160 valence electrons. The highest BCUT2D eigenvalue weighted by Crippen LogP contribution is 2.24. The zero-order valence-corrected chi connectivity index (χ0v) is 18.6. The van der Waals surface area contributed by atoms with Crippen molar-refractivity contribution in [2.75, 3.05) is 49.5 Å². The Balaban J connectivity index is 1.42. The third-order valence-electron chi connectivity index (χ3n) is 5.72. The van der Waals surface area contributed by atoms with Crippen LogP contribution in [0, 0.1) is 20.8 Å². The molecular weight excluding hydrogens is 400 g/mol. The average molecular weight is 430 g/mol. The largest absolute Gasteiger partial charge is 0.360 e. The number of hydrogen-bond acceptors (Lipinski definition) is 3. The molecule has 0 aliphatic carbocycles. The van der Waals surface area contributed by atoms with Gasteiger partial charge in [0.15, 0.2) is 6.54 Å². The Morgan fingerprint density at radius 1 is 1.03 bits per heavy atom. The van der Waals surface area contributed by atoms with Crippen molar-refractivity contribution in [1.82, 2.24) is 5.32 Å². The van der Waals surface area contributed by atoms with Crippen LogP contribution >= 0.6 is 11.6 Å². The number of benzene rings is 2. The van der Waals surface area contributed by atoms with Crippen molar-refractivity contribution in [3.63, 3.8) is 0 Å². The van der Waals surface area contributed by atoms with Gasteiger partial charge in [-0.1, -0.05) is 29.8 Å². The number of hydrogen-bond donors (Lipinski definition) is 3. The SMILES string of the molecule is Cc1ccc(Cl)cc1N1CC[NH+](CC(=O)NCC(=O)Nc2cccc(C)c2C)CC1. The van der Waals surface area contributed by atoms with Gasteiger partial charge in [-0.2, -0.15) is 0 Å². The van der Waals surface area contributed by atoms with Crippen LogP contribution in [0.15, 0.2) is 36.4 Å². The molecule has 2 aromatic rings. The Bertz CT molecular complexity index is 923. The molecule has 0 atom stereocenters. The zero-order valence-electron chi connectivity index (χ0n) is 17.8. The molecule has 1 heterocycles. The lowest BCUT2D eigenvalue weighted by Gasteiger charge is -2.34. The first-order valence-corrected chi connectivity index (χ1v) is 10.7. The van der Waals surface area contributed by atoms with E-state index in [0.717, 1.165) is 53.7 Å². The van der Waals surface area contributed by atoms with Crippen LogP contribution in [0.3, 0.4) is 0 Å². The lowest BCUT2D eigenvalue weighted by molar-refractivity contribution is -0.892. The molecule has 0 aromatic heterocycles. The van der Waals surface area contributed by atoms with Crippen molar-refractivity contribution in [2.45, 2.75) is 20.8 Å². The molecule has 6 nitrogen and oxygen atoms in total. The van der Waals surface area contributed by atoms with Gasteiger partial charge in [0.1, 0.15) is 0 Å². The Morgan fingerprint density at radius 3 is 2.50 bits per heavy atom. The second-order valence-electron chi connectivity index (χ2n) is 7.92. The smallest absolute Gasteiger partial charge is 0.275 e. The molecule has 3 N–H and O–H groups in total. The predicted molar refractivity (Wildman–Crippen MR) is 122 cm³/mol. The predicted octanol–water partition coefficient (Wildman–Crippen LogP) is 1.73. The summed E-state index contributed by atoms with van der Waals surface area (Å²) in [6, 6.07) is 11.7. The van der Waals surface area contributed by atoms with E-state index >= 15 is 0 Å². The molecule has 3 rings (SSSR count). The molecule has 30 heavy (non-hydrogen) atoms. The van der Waals surface area contributed by atoms with Crippen LogP contribution in [-0.4, -0.2) is 51.1 Å². The van der Waals surface area contributed by atoms with E-state index in [4.69, 9.17) is 11.6 Å². The molecule has 2 amide bonds. The fourth-order valence-electron chi connectivity index (χ4n) is 3.71. The van der Waals surface area contributed by atoms with Crippen LogP contribution in [-0.2, 0) is 9.59 Å². The highest BCUT2D eigenvalue weighted by atomic mass is 35.5. The molecule has 7 heteroatoms. The number of quaternary nitrogens is 1. The van der Waals surface area contributed by atoms with Crippen molar-refractivity contribution < 1.29 is 14.5 Å². The first-order chi connectivity index (χ1) is 14.3. The van der Waals surface area contributed by atoms with Crippen LogP contribution in [0.1, 0.15) is 16.7 Å². The Morgan fingerprint density at radius 2 is 1.77 bits per heavy atom. The van der Waals surface area contributed by atoms with Gasteiger partial charge in [0.25, 0.3) is 5.91 Å². The van der Waals surface area contributed by atoms with E-state index in [2.05, 4.69) is 22.5 Å². The normalized spacial score (nSPS) is 14.5. The molecule has 1 fully saturated rings. The van der Waals surface area contributed by atoms with Crippen LogP contribution in [0.25, 0.3) is 0 Å². The highest BCUT2D eigenvalue weighted by molar-refractivity contribution is 6.30. The minimum atomic E-state index is -0.215. The van der Waals surface area contributed by atoms with Crippen molar-refractivity contribution in [2.24, 2.45) is 0 Å². The molecule has 1 aliphatic rings. The topological polar surface area (TPSA) is 65.9 Å². The second kappa shape index (κ2) is 9.96. The quantitative estimate of drug-likeness (QED) is 0.655. The maximum Gasteiger partial charge on any atom is 0.275 e. The molecular formula is C23H30ClN4O2+. The average Bonchev–Trinajstić information content (AvgIpc) is 2.72. The van der Waals surface area contributed by atoms with Crippen molar-refractivity contribution >= 4 is 34.8 Å². The van der Waals surface area contributed by atoms with Gasteiger partial charge < -0.3 is 20.4 Å². The van der Waals surface area contributed by atoms with E-state index < -0.39 is 0 Å². The number of carbonyl (C=O) groups excluding carboxylic acids is 2. The van der Waals surface area contributed by atoms with E-state index in [1.54, 1.807) is 0 Å². The van der Waals surface area contributed by atoms with Crippen LogP contribution in [0.4, 0.5) is 11.4 Å². The van der Waals surface area contributed by atoms with E-state index in [0.29, 0.717) is 6.54 Å². The summed E-state index contributed by atoms with van der Waals surface area (Å²) in [5, 5.41) is 6.35. The van der Waals surface area contributed by atoms with Gasteiger partial charge in [0.2, 0.25) is 5.91 Å².